The van der Waals surface area contributed by atoms with E-state index in [9.17, 15) is 19.5 Å². The minimum Gasteiger partial charge on any atom is -0.501 e. The summed E-state index contributed by atoms with van der Waals surface area (Å²) in [6.07, 6.45) is 0.0527. The van der Waals surface area contributed by atoms with E-state index in [-0.39, 0.29) is 12.8 Å². The quantitative estimate of drug-likeness (QED) is 0.847. The molecule has 2 aliphatic heterocycles. The third kappa shape index (κ3) is 2.08. The number of benzene rings is 1. The SMILES string of the molecule is COc1ccccc1C1(C)OC(N2C(=O)CCC2=O)=C(O)C1=O. The molecular formula is C16H15NO6. The first kappa shape index (κ1) is 15.1. The summed E-state index contributed by atoms with van der Waals surface area (Å²) in [5, 5.41) is 10.1. The highest BCUT2D eigenvalue weighted by Gasteiger charge is 2.53. The van der Waals surface area contributed by atoms with Crippen LogP contribution in [0.4, 0.5) is 0 Å². The van der Waals surface area contributed by atoms with Crippen LogP contribution in [0, 0.1) is 0 Å². The minimum atomic E-state index is -1.57. The zero-order valence-electron chi connectivity index (χ0n) is 12.7. The van der Waals surface area contributed by atoms with Gasteiger partial charge in [-0.15, -0.1) is 0 Å². The Hall–Kier alpha value is -2.83. The second-order valence-corrected chi connectivity index (χ2v) is 5.44. The highest BCUT2D eigenvalue weighted by Crippen LogP contribution is 2.43. The van der Waals surface area contributed by atoms with Crippen molar-refractivity contribution in [2.24, 2.45) is 0 Å². The minimum absolute atomic E-state index is 0.0263. The van der Waals surface area contributed by atoms with E-state index in [1.807, 2.05) is 0 Å². The topological polar surface area (TPSA) is 93.1 Å². The third-order valence-corrected chi connectivity index (χ3v) is 4.03. The van der Waals surface area contributed by atoms with Gasteiger partial charge in [0.05, 0.1) is 7.11 Å². The van der Waals surface area contributed by atoms with Gasteiger partial charge in [-0.1, -0.05) is 18.2 Å². The summed E-state index contributed by atoms with van der Waals surface area (Å²) in [5.41, 5.74) is -1.18. The Balaban J connectivity index is 2.04. The number of hydrogen-bond donors (Lipinski definition) is 1. The van der Waals surface area contributed by atoms with Crippen molar-refractivity contribution in [2.75, 3.05) is 7.11 Å². The van der Waals surface area contributed by atoms with Gasteiger partial charge in [-0.05, 0) is 13.0 Å². The lowest BCUT2D eigenvalue weighted by molar-refractivity contribution is -0.144. The zero-order valence-corrected chi connectivity index (χ0v) is 12.7. The van der Waals surface area contributed by atoms with E-state index < -0.39 is 34.8 Å². The molecule has 2 aliphatic rings. The summed E-state index contributed by atoms with van der Waals surface area (Å²) < 4.78 is 10.8. The number of ether oxygens (including phenoxy) is 2. The van der Waals surface area contributed by atoms with Crippen LogP contribution in [0.1, 0.15) is 25.3 Å². The van der Waals surface area contributed by atoms with Crippen LogP contribution in [0.15, 0.2) is 35.9 Å². The second-order valence-electron chi connectivity index (χ2n) is 5.44. The Labute approximate surface area is 132 Å². The highest BCUT2D eigenvalue weighted by molar-refractivity contribution is 6.08. The average molecular weight is 317 g/mol. The average Bonchev–Trinajstić information content (AvgIpc) is 2.99. The van der Waals surface area contributed by atoms with E-state index in [2.05, 4.69) is 0 Å². The maximum Gasteiger partial charge on any atom is 0.252 e. The van der Waals surface area contributed by atoms with Gasteiger partial charge in [-0.3, -0.25) is 14.4 Å². The Morgan fingerprint density at radius 3 is 2.39 bits per heavy atom. The number of methoxy groups -OCH3 is 1. The Bertz CT molecular complexity index is 737. The molecule has 23 heavy (non-hydrogen) atoms. The molecule has 0 aliphatic carbocycles. The number of ketones is 1. The molecule has 1 saturated heterocycles. The number of imide groups is 1. The van der Waals surface area contributed by atoms with Gasteiger partial charge in [-0.2, -0.15) is 0 Å². The second kappa shape index (κ2) is 5.12. The van der Waals surface area contributed by atoms with Gasteiger partial charge in [0.15, 0.2) is 0 Å². The van der Waals surface area contributed by atoms with Gasteiger partial charge < -0.3 is 14.6 Å². The van der Waals surface area contributed by atoms with Crippen molar-refractivity contribution >= 4 is 17.6 Å². The van der Waals surface area contributed by atoms with Gasteiger partial charge in [-0.25, -0.2) is 4.90 Å². The largest absolute Gasteiger partial charge is 0.501 e. The van der Waals surface area contributed by atoms with Crippen LogP contribution in [-0.2, 0) is 24.7 Å². The smallest absolute Gasteiger partial charge is 0.252 e. The lowest BCUT2D eigenvalue weighted by Gasteiger charge is -2.26. The number of carbonyl (C=O) groups is 3. The van der Waals surface area contributed by atoms with Gasteiger partial charge in [0.25, 0.3) is 11.7 Å². The van der Waals surface area contributed by atoms with Crippen LogP contribution >= 0.6 is 0 Å². The Morgan fingerprint density at radius 1 is 1.17 bits per heavy atom. The molecule has 1 N–H and O–H groups in total. The number of nitrogens with zero attached hydrogens (tertiary/aromatic N) is 1. The predicted octanol–water partition coefficient (Wildman–Crippen LogP) is 1.39. The first-order valence-corrected chi connectivity index (χ1v) is 7.06. The molecule has 0 bridgehead atoms. The fourth-order valence-corrected chi connectivity index (χ4v) is 2.78. The van der Waals surface area contributed by atoms with Crippen LogP contribution in [0.25, 0.3) is 0 Å². The van der Waals surface area contributed by atoms with Gasteiger partial charge >= 0.3 is 0 Å². The summed E-state index contributed by atoms with van der Waals surface area (Å²) in [6, 6.07) is 6.70. The lowest BCUT2D eigenvalue weighted by Crippen LogP contribution is -2.34. The van der Waals surface area contributed by atoms with Crippen LogP contribution in [0.5, 0.6) is 5.75 Å². The van der Waals surface area contributed by atoms with E-state index in [0.717, 1.165) is 4.90 Å². The van der Waals surface area contributed by atoms with E-state index in [0.29, 0.717) is 11.3 Å². The molecule has 3 rings (SSSR count). The summed E-state index contributed by atoms with van der Waals surface area (Å²) in [5.74, 6) is -2.49. The number of carbonyl (C=O) groups excluding carboxylic acids is 3. The molecule has 7 nitrogen and oxygen atoms in total. The van der Waals surface area contributed by atoms with Gasteiger partial charge in [0.2, 0.25) is 23.2 Å². The number of aliphatic hydroxyl groups is 1. The van der Waals surface area contributed by atoms with Crippen LogP contribution in [0.2, 0.25) is 0 Å². The van der Waals surface area contributed by atoms with Crippen molar-refractivity contribution in [1.82, 2.24) is 4.90 Å². The lowest BCUT2D eigenvalue weighted by atomic mass is 9.91. The number of amides is 2. The van der Waals surface area contributed by atoms with Crippen molar-refractivity contribution < 1.29 is 29.0 Å². The number of likely N-dealkylation sites (tertiary alicyclic amines) is 1. The zero-order chi connectivity index (χ0) is 16.8. The van der Waals surface area contributed by atoms with Crippen LogP contribution in [-0.4, -0.2) is 34.7 Å². The summed E-state index contributed by atoms with van der Waals surface area (Å²) in [6.45, 7) is 1.46. The van der Waals surface area contributed by atoms with Crippen LogP contribution in [0.3, 0.4) is 0 Å². The molecule has 1 aromatic carbocycles. The predicted molar refractivity (Wildman–Crippen MR) is 77.2 cm³/mol. The van der Waals surface area contributed by atoms with Crippen molar-refractivity contribution in [2.45, 2.75) is 25.4 Å². The van der Waals surface area contributed by atoms with Crippen LogP contribution < -0.4 is 4.74 Å². The molecule has 1 fully saturated rings. The van der Waals surface area contributed by atoms with Crippen molar-refractivity contribution in [3.05, 3.63) is 41.5 Å². The maximum atomic E-state index is 12.5. The monoisotopic (exact) mass is 317 g/mol. The molecule has 0 spiro atoms. The van der Waals surface area contributed by atoms with Crippen molar-refractivity contribution in [3.8, 4) is 5.75 Å². The fourth-order valence-electron chi connectivity index (χ4n) is 2.78. The first-order chi connectivity index (χ1) is 10.9. The van der Waals surface area contributed by atoms with Crippen molar-refractivity contribution in [3.63, 3.8) is 0 Å². The first-order valence-electron chi connectivity index (χ1n) is 7.06. The Kier molecular flexibility index (Phi) is 3.35. The number of rotatable bonds is 3. The third-order valence-electron chi connectivity index (χ3n) is 4.03. The summed E-state index contributed by atoms with van der Waals surface area (Å²) in [4.78, 5) is 36.9. The number of aliphatic hydroxyl groups excluding tert-OH is 1. The molecule has 1 atom stereocenters. The van der Waals surface area contributed by atoms with E-state index in [1.54, 1.807) is 24.3 Å². The molecule has 0 radical (unpaired) electrons. The molecule has 0 aromatic heterocycles. The molecule has 2 amide bonds. The van der Waals surface area contributed by atoms with E-state index >= 15 is 0 Å². The number of para-hydroxylation sites is 1. The molecule has 1 aromatic rings. The number of Topliss-reactive ketones (excluding diaryl/α,β-unsaturated/α-hetero) is 1. The summed E-state index contributed by atoms with van der Waals surface area (Å²) >= 11 is 0. The molecule has 120 valence electrons. The van der Waals surface area contributed by atoms with Gasteiger partial charge in [0.1, 0.15) is 5.75 Å². The highest BCUT2D eigenvalue weighted by atomic mass is 16.5. The standard InChI is InChI=1S/C16H15NO6/c1-16(9-5-3-4-6-10(9)22-2)14(21)13(20)15(23-16)17-11(18)7-8-12(17)19/h3-6,20H,7-8H2,1-2H3. The Morgan fingerprint density at radius 2 is 1.78 bits per heavy atom. The molecule has 1 unspecified atom stereocenters. The normalized spacial score (nSPS) is 24.4. The van der Waals surface area contributed by atoms with Gasteiger partial charge in [0, 0.05) is 18.4 Å². The fraction of sp³-hybridized carbons (Fsp3) is 0.312. The molecule has 2 heterocycles. The number of hydrogen-bond acceptors (Lipinski definition) is 6. The maximum absolute atomic E-state index is 12.5. The van der Waals surface area contributed by atoms with Crippen molar-refractivity contribution in [1.29, 1.82) is 0 Å². The molecule has 0 saturated carbocycles. The molecular weight excluding hydrogens is 302 g/mol. The van der Waals surface area contributed by atoms with E-state index in [4.69, 9.17) is 9.47 Å². The van der Waals surface area contributed by atoms with E-state index in [1.165, 1.54) is 14.0 Å². The molecule has 7 heteroatoms. The summed E-state index contributed by atoms with van der Waals surface area (Å²) in [7, 11) is 1.45.